The Bertz CT molecular complexity index is 634. The summed E-state index contributed by atoms with van der Waals surface area (Å²) in [7, 11) is 3.28. The number of hydrogen-bond donors (Lipinski definition) is 1. The first-order chi connectivity index (χ1) is 9.69. The summed E-state index contributed by atoms with van der Waals surface area (Å²) in [6.07, 6.45) is 1.70. The normalized spacial score (nSPS) is 10.6. The van der Waals surface area contributed by atoms with Gasteiger partial charge < -0.3 is 14.0 Å². The van der Waals surface area contributed by atoms with Gasteiger partial charge in [-0.25, -0.2) is 0 Å². The Labute approximate surface area is 123 Å². The van der Waals surface area contributed by atoms with Crippen molar-refractivity contribution in [2.75, 3.05) is 14.2 Å². The van der Waals surface area contributed by atoms with Crippen LogP contribution in [0.2, 0.25) is 0 Å². The summed E-state index contributed by atoms with van der Waals surface area (Å²) in [4.78, 5) is 0. The second kappa shape index (κ2) is 6.56. The van der Waals surface area contributed by atoms with Crippen LogP contribution in [0.15, 0.2) is 18.2 Å². The van der Waals surface area contributed by atoms with E-state index in [1.807, 2.05) is 22.8 Å². The molecule has 2 aromatic rings. The maximum absolute atomic E-state index is 5.31. The molecule has 108 valence electrons. The first-order valence-electron chi connectivity index (χ1n) is 6.54. The topological polar surface area (TPSA) is 52.1 Å². The van der Waals surface area contributed by atoms with E-state index in [1.54, 1.807) is 14.2 Å². The van der Waals surface area contributed by atoms with Gasteiger partial charge in [0.1, 0.15) is 5.82 Å². The van der Waals surface area contributed by atoms with Crippen molar-refractivity contribution in [3.63, 3.8) is 0 Å². The van der Waals surface area contributed by atoms with Crippen LogP contribution in [0, 0.1) is 4.77 Å². The van der Waals surface area contributed by atoms with Gasteiger partial charge in [-0.1, -0.05) is 6.07 Å². The van der Waals surface area contributed by atoms with Crippen molar-refractivity contribution in [3.05, 3.63) is 34.4 Å². The Morgan fingerprint density at radius 1 is 1.20 bits per heavy atom. The quantitative estimate of drug-likeness (QED) is 0.832. The second-order valence-corrected chi connectivity index (χ2v) is 4.77. The zero-order chi connectivity index (χ0) is 14.5. The number of nitrogens with one attached hydrogen (secondary N) is 1. The molecule has 0 amide bonds. The Balaban J connectivity index is 2.12. The van der Waals surface area contributed by atoms with Gasteiger partial charge >= 0.3 is 0 Å². The van der Waals surface area contributed by atoms with Crippen LogP contribution >= 0.6 is 12.2 Å². The van der Waals surface area contributed by atoms with E-state index in [-0.39, 0.29) is 0 Å². The summed E-state index contributed by atoms with van der Waals surface area (Å²) >= 11 is 5.18. The maximum Gasteiger partial charge on any atom is 0.195 e. The van der Waals surface area contributed by atoms with Crippen molar-refractivity contribution in [1.29, 1.82) is 0 Å². The number of aromatic amines is 1. The summed E-state index contributed by atoms with van der Waals surface area (Å²) in [5.41, 5.74) is 1.18. The van der Waals surface area contributed by atoms with E-state index in [0.717, 1.165) is 36.7 Å². The van der Waals surface area contributed by atoms with Gasteiger partial charge in [0, 0.05) is 13.0 Å². The highest BCUT2D eigenvalue weighted by Crippen LogP contribution is 2.27. The molecule has 0 radical (unpaired) electrons. The van der Waals surface area contributed by atoms with Crippen molar-refractivity contribution in [1.82, 2.24) is 14.8 Å². The van der Waals surface area contributed by atoms with Gasteiger partial charge in [-0.05, 0) is 43.3 Å². The summed E-state index contributed by atoms with van der Waals surface area (Å²) in [6, 6.07) is 5.96. The van der Waals surface area contributed by atoms with E-state index in [0.29, 0.717) is 4.77 Å². The summed E-state index contributed by atoms with van der Waals surface area (Å²) < 4.78 is 13.2. The van der Waals surface area contributed by atoms with Gasteiger partial charge in [0.25, 0.3) is 0 Å². The standard InChI is InChI=1S/C14H19N3O2S/c1-4-17-13(15-16-14(17)20)8-6-10-5-7-11(18-2)12(9-10)19-3/h5,7,9H,4,6,8H2,1-3H3,(H,16,20). The fraction of sp³-hybridized carbons (Fsp3) is 0.429. The highest BCUT2D eigenvalue weighted by Gasteiger charge is 2.07. The van der Waals surface area contributed by atoms with Crippen LogP contribution in [0.1, 0.15) is 18.3 Å². The number of aryl methyl sites for hydroxylation is 2. The first-order valence-corrected chi connectivity index (χ1v) is 6.95. The van der Waals surface area contributed by atoms with Crippen molar-refractivity contribution in [2.45, 2.75) is 26.3 Å². The molecule has 1 N–H and O–H groups in total. The van der Waals surface area contributed by atoms with Crippen molar-refractivity contribution < 1.29 is 9.47 Å². The van der Waals surface area contributed by atoms with E-state index in [4.69, 9.17) is 21.7 Å². The average molecular weight is 293 g/mol. The number of methoxy groups -OCH3 is 2. The lowest BCUT2D eigenvalue weighted by molar-refractivity contribution is 0.354. The largest absolute Gasteiger partial charge is 0.493 e. The molecule has 1 aromatic carbocycles. The predicted octanol–water partition coefficient (Wildman–Crippen LogP) is 2.76. The zero-order valence-corrected chi connectivity index (χ0v) is 12.8. The van der Waals surface area contributed by atoms with Crippen LogP contribution in [0.25, 0.3) is 0 Å². The minimum atomic E-state index is 0.676. The third kappa shape index (κ3) is 3.01. The monoisotopic (exact) mass is 293 g/mol. The number of benzene rings is 1. The van der Waals surface area contributed by atoms with Gasteiger partial charge in [-0.2, -0.15) is 5.10 Å². The fourth-order valence-corrected chi connectivity index (χ4v) is 2.44. The van der Waals surface area contributed by atoms with E-state index in [2.05, 4.69) is 17.1 Å². The molecule has 5 nitrogen and oxygen atoms in total. The third-order valence-corrected chi connectivity index (χ3v) is 3.55. The molecule has 1 heterocycles. The lowest BCUT2D eigenvalue weighted by atomic mass is 10.1. The molecule has 0 spiro atoms. The molecule has 0 saturated heterocycles. The minimum absolute atomic E-state index is 0.676. The molecule has 0 fully saturated rings. The summed E-state index contributed by atoms with van der Waals surface area (Å²) in [6.45, 7) is 2.89. The van der Waals surface area contributed by atoms with Crippen LogP contribution in [-0.2, 0) is 19.4 Å². The lowest BCUT2D eigenvalue weighted by Gasteiger charge is -2.09. The highest BCUT2D eigenvalue weighted by atomic mass is 32.1. The van der Waals surface area contributed by atoms with Gasteiger partial charge in [0.2, 0.25) is 0 Å². The number of nitrogens with zero attached hydrogens (tertiary/aromatic N) is 2. The second-order valence-electron chi connectivity index (χ2n) is 4.38. The van der Waals surface area contributed by atoms with Crippen LogP contribution in [0.4, 0.5) is 0 Å². The smallest absolute Gasteiger partial charge is 0.195 e. The predicted molar refractivity (Wildman–Crippen MR) is 80.0 cm³/mol. The number of H-pyrrole nitrogens is 1. The number of ether oxygens (including phenoxy) is 2. The van der Waals surface area contributed by atoms with Crippen LogP contribution in [0.3, 0.4) is 0 Å². The molecule has 0 aliphatic carbocycles. The molecule has 2 rings (SSSR count). The zero-order valence-electron chi connectivity index (χ0n) is 12.0. The molecule has 1 aromatic heterocycles. The SMILES string of the molecule is CCn1c(CCc2ccc(OC)c(OC)c2)n[nH]c1=S. The molecular weight excluding hydrogens is 274 g/mol. The molecule has 0 aliphatic rings. The van der Waals surface area contributed by atoms with Crippen LogP contribution < -0.4 is 9.47 Å². The number of hydrogen-bond acceptors (Lipinski definition) is 4. The van der Waals surface area contributed by atoms with Gasteiger partial charge in [0.05, 0.1) is 14.2 Å². The van der Waals surface area contributed by atoms with Gasteiger partial charge in [0.15, 0.2) is 16.3 Å². The Hall–Kier alpha value is -1.82. The Kier molecular flexibility index (Phi) is 4.79. The van der Waals surface area contributed by atoms with E-state index in [9.17, 15) is 0 Å². The molecule has 0 unspecified atom stereocenters. The number of aromatic nitrogens is 3. The Morgan fingerprint density at radius 3 is 2.60 bits per heavy atom. The highest BCUT2D eigenvalue weighted by molar-refractivity contribution is 7.71. The van der Waals surface area contributed by atoms with Crippen molar-refractivity contribution in [3.8, 4) is 11.5 Å². The fourth-order valence-electron chi connectivity index (χ4n) is 2.16. The lowest BCUT2D eigenvalue weighted by Crippen LogP contribution is -2.04. The molecule has 20 heavy (non-hydrogen) atoms. The summed E-state index contributed by atoms with van der Waals surface area (Å²) in [5.74, 6) is 2.47. The molecule has 0 saturated carbocycles. The van der Waals surface area contributed by atoms with Crippen LogP contribution in [-0.4, -0.2) is 29.0 Å². The van der Waals surface area contributed by atoms with Gasteiger partial charge in [-0.15, -0.1) is 0 Å². The molecule has 0 bridgehead atoms. The summed E-state index contributed by atoms with van der Waals surface area (Å²) in [5, 5.41) is 7.10. The minimum Gasteiger partial charge on any atom is -0.493 e. The molecular formula is C14H19N3O2S. The third-order valence-electron chi connectivity index (χ3n) is 3.24. The van der Waals surface area contributed by atoms with Crippen molar-refractivity contribution >= 4 is 12.2 Å². The van der Waals surface area contributed by atoms with E-state index >= 15 is 0 Å². The van der Waals surface area contributed by atoms with Gasteiger partial charge in [-0.3, -0.25) is 5.10 Å². The van der Waals surface area contributed by atoms with E-state index in [1.165, 1.54) is 5.56 Å². The molecule has 0 atom stereocenters. The Morgan fingerprint density at radius 2 is 1.95 bits per heavy atom. The maximum atomic E-state index is 5.31. The van der Waals surface area contributed by atoms with E-state index < -0.39 is 0 Å². The first kappa shape index (κ1) is 14.6. The van der Waals surface area contributed by atoms with Crippen molar-refractivity contribution in [2.24, 2.45) is 0 Å². The molecule has 0 aliphatic heterocycles. The molecule has 6 heteroatoms. The number of rotatable bonds is 6. The average Bonchev–Trinajstić information content (AvgIpc) is 2.84. The van der Waals surface area contributed by atoms with Crippen LogP contribution in [0.5, 0.6) is 11.5 Å².